The van der Waals surface area contributed by atoms with Gasteiger partial charge in [-0.1, -0.05) is 30.3 Å². The fourth-order valence-electron chi connectivity index (χ4n) is 1.65. The molecule has 0 saturated carbocycles. The van der Waals surface area contributed by atoms with Crippen LogP contribution in [0.1, 0.15) is 18.0 Å². The minimum atomic E-state index is -1.07. The molecule has 1 rings (SSSR count). The molecule has 1 amide bonds. The maximum atomic E-state index is 10.8. The molecule has 1 atom stereocenters. The zero-order valence-corrected chi connectivity index (χ0v) is 12.0. The second-order valence-corrected chi connectivity index (χ2v) is 5.23. The van der Waals surface area contributed by atoms with Gasteiger partial charge in [-0.2, -0.15) is 11.8 Å². The number of carbonyl (C=O) groups excluding carboxylic acids is 1. The molecule has 0 spiro atoms. The van der Waals surface area contributed by atoms with Crippen molar-refractivity contribution in [2.45, 2.75) is 12.5 Å². The summed E-state index contributed by atoms with van der Waals surface area (Å²) in [6, 6.07) is 8.97. The number of rotatable bonds is 10. The molecule has 110 valence electrons. The van der Waals surface area contributed by atoms with E-state index in [1.54, 1.807) is 11.8 Å². The standard InChI is InChI=1S/C14H19NO4S/c16-7-10-20-9-4-8-19-11-13(15-14(17)18)12-5-2-1-3-6-12/h1-3,5-7,13,15H,4,8-11H2,(H,17,18)/t13-/m0/s1. The third-order valence-electron chi connectivity index (χ3n) is 2.55. The molecule has 0 unspecified atom stereocenters. The highest BCUT2D eigenvalue weighted by atomic mass is 32.2. The monoisotopic (exact) mass is 297 g/mol. The molecule has 5 nitrogen and oxygen atoms in total. The van der Waals surface area contributed by atoms with Gasteiger partial charge in [0.2, 0.25) is 0 Å². The van der Waals surface area contributed by atoms with Gasteiger partial charge in [0, 0.05) is 12.4 Å². The van der Waals surface area contributed by atoms with Crippen molar-refractivity contribution in [1.29, 1.82) is 0 Å². The minimum absolute atomic E-state index is 0.300. The molecule has 0 fully saturated rings. The van der Waals surface area contributed by atoms with E-state index >= 15 is 0 Å². The van der Waals surface area contributed by atoms with Crippen molar-refractivity contribution in [2.75, 3.05) is 24.7 Å². The molecule has 2 N–H and O–H groups in total. The minimum Gasteiger partial charge on any atom is -0.465 e. The van der Waals surface area contributed by atoms with Gasteiger partial charge in [0.1, 0.15) is 6.29 Å². The summed E-state index contributed by atoms with van der Waals surface area (Å²) in [4.78, 5) is 20.9. The second kappa shape index (κ2) is 10.3. The molecule has 0 saturated heterocycles. The summed E-state index contributed by atoms with van der Waals surface area (Å²) in [5.74, 6) is 1.37. The highest BCUT2D eigenvalue weighted by Gasteiger charge is 2.13. The van der Waals surface area contributed by atoms with Crippen LogP contribution in [0.25, 0.3) is 0 Å². The van der Waals surface area contributed by atoms with Crippen molar-refractivity contribution >= 4 is 24.1 Å². The smallest absolute Gasteiger partial charge is 0.405 e. The summed E-state index contributed by atoms with van der Waals surface area (Å²) in [6.07, 6.45) is 0.657. The number of hydrogen-bond donors (Lipinski definition) is 2. The molecule has 1 aromatic carbocycles. The van der Waals surface area contributed by atoms with Crippen LogP contribution in [0.2, 0.25) is 0 Å². The van der Waals surface area contributed by atoms with Crippen LogP contribution in [0, 0.1) is 0 Å². The lowest BCUT2D eigenvalue weighted by Crippen LogP contribution is -2.30. The topological polar surface area (TPSA) is 75.6 Å². The number of aldehydes is 1. The van der Waals surface area contributed by atoms with Gasteiger partial charge in [-0.3, -0.25) is 0 Å². The van der Waals surface area contributed by atoms with E-state index in [2.05, 4.69) is 5.32 Å². The van der Waals surface area contributed by atoms with Gasteiger partial charge in [-0.15, -0.1) is 0 Å². The summed E-state index contributed by atoms with van der Waals surface area (Å²) < 4.78 is 5.50. The first-order valence-corrected chi connectivity index (χ1v) is 7.53. The number of thioether (sulfide) groups is 1. The van der Waals surface area contributed by atoms with Crippen molar-refractivity contribution in [1.82, 2.24) is 5.32 Å². The fourth-order valence-corrected chi connectivity index (χ4v) is 2.24. The molecule has 0 aromatic heterocycles. The van der Waals surface area contributed by atoms with Gasteiger partial charge in [-0.05, 0) is 17.7 Å². The lowest BCUT2D eigenvalue weighted by Gasteiger charge is -2.17. The quantitative estimate of drug-likeness (QED) is 0.512. The van der Waals surface area contributed by atoms with Crippen LogP contribution in [-0.4, -0.2) is 42.2 Å². The number of ether oxygens (including phenoxy) is 1. The molecule has 0 aliphatic carbocycles. The molecule has 6 heteroatoms. The number of hydrogen-bond acceptors (Lipinski definition) is 4. The Kier molecular flexibility index (Phi) is 8.49. The van der Waals surface area contributed by atoms with Crippen LogP contribution < -0.4 is 5.32 Å². The van der Waals surface area contributed by atoms with Gasteiger partial charge in [0.05, 0.1) is 12.6 Å². The number of carboxylic acid groups (broad SMARTS) is 1. The maximum absolute atomic E-state index is 10.8. The van der Waals surface area contributed by atoms with Gasteiger partial charge in [0.15, 0.2) is 0 Å². The van der Waals surface area contributed by atoms with E-state index in [4.69, 9.17) is 9.84 Å². The van der Waals surface area contributed by atoms with E-state index in [1.807, 2.05) is 30.3 Å². The van der Waals surface area contributed by atoms with Crippen molar-refractivity contribution in [3.05, 3.63) is 35.9 Å². The van der Waals surface area contributed by atoms with Crippen molar-refractivity contribution in [3.63, 3.8) is 0 Å². The zero-order valence-electron chi connectivity index (χ0n) is 11.2. The average Bonchev–Trinajstić information content (AvgIpc) is 2.45. The van der Waals surface area contributed by atoms with Crippen LogP contribution in [0.5, 0.6) is 0 Å². The normalized spacial score (nSPS) is 11.8. The predicted octanol–water partition coefficient (Wildman–Crippen LogP) is 2.33. The van der Waals surface area contributed by atoms with Crippen LogP contribution in [0.4, 0.5) is 4.79 Å². The molecule has 0 heterocycles. The third kappa shape index (κ3) is 7.16. The summed E-state index contributed by atoms with van der Waals surface area (Å²) in [6.45, 7) is 0.852. The lowest BCUT2D eigenvalue weighted by atomic mass is 10.1. The molecular formula is C14H19NO4S. The first kappa shape index (κ1) is 16.5. The largest absolute Gasteiger partial charge is 0.465 e. The van der Waals surface area contributed by atoms with E-state index in [0.29, 0.717) is 19.0 Å². The predicted molar refractivity (Wildman–Crippen MR) is 79.2 cm³/mol. The Morgan fingerprint density at radius 3 is 2.80 bits per heavy atom. The van der Waals surface area contributed by atoms with Crippen LogP contribution in [-0.2, 0) is 9.53 Å². The van der Waals surface area contributed by atoms with Gasteiger partial charge >= 0.3 is 6.09 Å². The molecule has 0 bridgehead atoms. The molecule has 0 aliphatic rings. The molecule has 0 aliphatic heterocycles. The average molecular weight is 297 g/mol. The maximum Gasteiger partial charge on any atom is 0.405 e. The Balaban J connectivity index is 2.31. The van der Waals surface area contributed by atoms with Crippen molar-refractivity contribution in [3.8, 4) is 0 Å². The summed E-state index contributed by atoms with van der Waals surface area (Å²) in [5.41, 5.74) is 0.880. The van der Waals surface area contributed by atoms with E-state index in [9.17, 15) is 9.59 Å². The molecule has 1 aromatic rings. The zero-order chi connectivity index (χ0) is 14.6. The molecule has 20 heavy (non-hydrogen) atoms. The van der Waals surface area contributed by atoms with Crippen LogP contribution in [0.3, 0.4) is 0 Å². The summed E-state index contributed by atoms with van der Waals surface area (Å²) >= 11 is 1.56. The summed E-state index contributed by atoms with van der Waals surface area (Å²) in [5, 5.41) is 11.3. The number of benzene rings is 1. The van der Waals surface area contributed by atoms with E-state index in [0.717, 1.165) is 24.0 Å². The Labute approximate surface area is 122 Å². The van der Waals surface area contributed by atoms with Crippen LogP contribution in [0.15, 0.2) is 30.3 Å². The molecule has 0 radical (unpaired) electrons. The Morgan fingerprint density at radius 2 is 2.15 bits per heavy atom. The highest BCUT2D eigenvalue weighted by molar-refractivity contribution is 7.99. The van der Waals surface area contributed by atoms with Gasteiger partial charge < -0.3 is 20.0 Å². The first-order chi connectivity index (χ1) is 9.74. The van der Waals surface area contributed by atoms with E-state index in [-0.39, 0.29) is 6.04 Å². The number of nitrogens with one attached hydrogen (secondary N) is 1. The van der Waals surface area contributed by atoms with E-state index < -0.39 is 6.09 Å². The van der Waals surface area contributed by atoms with Gasteiger partial charge in [-0.25, -0.2) is 4.79 Å². The number of carbonyl (C=O) groups is 2. The lowest BCUT2D eigenvalue weighted by molar-refractivity contribution is -0.105. The van der Waals surface area contributed by atoms with E-state index in [1.165, 1.54) is 0 Å². The Hall–Kier alpha value is -1.53. The third-order valence-corrected chi connectivity index (χ3v) is 3.50. The van der Waals surface area contributed by atoms with Crippen molar-refractivity contribution < 1.29 is 19.4 Å². The Morgan fingerprint density at radius 1 is 1.40 bits per heavy atom. The Bertz CT molecular complexity index is 399. The highest BCUT2D eigenvalue weighted by Crippen LogP contribution is 2.13. The second-order valence-electron chi connectivity index (χ2n) is 4.08. The van der Waals surface area contributed by atoms with Crippen molar-refractivity contribution in [2.24, 2.45) is 0 Å². The first-order valence-electron chi connectivity index (χ1n) is 6.37. The summed E-state index contributed by atoms with van der Waals surface area (Å²) in [7, 11) is 0. The van der Waals surface area contributed by atoms with Gasteiger partial charge in [0.25, 0.3) is 0 Å². The molecular weight excluding hydrogens is 278 g/mol. The SMILES string of the molecule is O=CCSCCCOC[C@H](NC(=O)O)c1ccccc1. The fraction of sp³-hybridized carbons (Fsp3) is 0.429. The van der Waals surface area contributed by atoms with Crippen LogP contribution >= 0.6 is 11.8 Å². The number of amides is 1.